The van der Waals surface area contributed by atoms with Crippen molar-refractivity contribution in [2.45, 2.75) is 6.54 Å². The minimum absolute atomic E-state index is 0.296. The summed E-state index contributed by atoms with van der Waals surface area (Å²) in [5, 5.41) is 5.99. The van der Waals surface area contributed by atoms with E-state index in [-0.39, 0.29) is 5.63 Å². The molecule has 0 saturated heterocycles. The third-order valence-electron chi connectivity index (χ3n) is 4.67. The first-order valence-corrected chi connectivity index (χ1v) is 9.37. The molecule has 0 aliphatic heterocycles. The normalized spacial score (nSPS) is 11.4. The van der Waals surface area contributed by atoms with Crippen LogP contribution in [0.3, 0.4) is 0 Å². The van der Waals surface area contributed by atoms with E-state index in [4.69, 9.17) is 4.42 Å². The molecule has 3 nitrogen and oxygen atoms in total. The zero-order valence-electron chi connectivity index (χ0n) is 13.9. The van der Waals surface area contributed by atoms with Crippen LogP contribution in [0.2, 0.25) is 0 Å². The molecule has 4 heteroatoms. The smallest absolute Gasteiger partial charge is 0.361 e. The van der Waals surface area contributed by atoms with Gasteiger partial charge in [-0.2, -0.15) is 11.3 Å². The summed E-state index contributed by atoms with van der Waals surface area (Å²) in [5.41, 5.74) is 3.45. The van der Waals surface area contributed by atoms with Crippen molar-refractivity contribution in [2.75, 3.05) is 0 Å². The van der Waals surface area contributed by atoms with E-state index in [9.17, 15) is 4.79 Å². The van der Waals surface area contributed by atoms with Crippen LogP contribution in [0, 0.1) is 0 Å². The van der Waals surface area contributed by atoms with Gasteiger partial charge in [-0.15, -0.1) is 0 Å². The summed E-state index contributed by atoms with van der Waals surface area (Å²) in [6.45, 7) is 0.632. The number of aromatic nitrogens is 1. The maximum Gasteiger partial charge on any atom is 0.361 e. The molecule has 126 valence electrons. The zero-order valence-corrected chi connectivity index (χ0v) is 14.7. The van der Waals surface area contributed by atoms with Gasteiger partial charge in [0.05, 0.1) is 0 Å². The molecule has 0 atom stereocenters. The van der Waals surface area contributed by atoms with Gasteiger partial charge in [0.15, 0.2) is 0 Å². The maximum absolute atomic E-state index is 12.9. The van der Waals surface area contributed by atoms with Crippen LogP contribution in [0.15, 0.2) is 86.7 Å². The number of benzene rings is 2. The quantitative estimate of drug-likeness (QED) is 0.426. The van der Waals surface area contributed by atoms with Crippen molar-refractivity contribution >= 4 is 33.1 Å². The molecule has 0 fully saturated rings. The third-order valence-corrected chi connectivity index (χ3v) is 5.35. The molecule has 0 radical (unpaired) electrons. The Bertz CT molecular complexity index is 1260. The van der Waals surface area contributed by atoms with E-state index in [0.717, 1.165) is 27.4 Å². The standard InChI is InChI=1S/C22H15NO2S/c24-22-21-18(12-20(25-22)16-10-11-26-14-16)17-8-4-5-9-19(17)23(21)13-15-6-2-1-3-7-15/h1-12,14H,13H2. The van der Waals surface area contributed by atoms with Gasteiger partial charge in [-0.1, -0.05) is 48.5 Å². The molecule has 3 heterocycles. The Balaban J connectivity index is 1.82. The minimum Gasteiger partial charge on any atom is -0.421 e. The highest BCUT2D eigenvalue weighted by atomic mass is 32.1. The van der Waals surface area contributed by atoms with E-state index < -0.39 is 0 Å². The summed E-state index contributed by atoms with van der Waals surface area (Å²) in [5.74, 6) is 0.617. The van der Waals surface area contributed by atoms with Gasteiger partial charge in [0.25, 0.3) is 0 Å². The van der Waals surface area contributed by atoms with Crippen LogP contribution in [0.4, 0.5) is 0 Å². The number of hydrogen-bond acceptors (Lipinski definition) is 3. The predicted octanol–water partition coefficient (Wildman–Crippen LogP) is 5.52. The Morgan fingerprint density at radius 1 is 0.923 bits per heavy atom. The van der Waals surface area contributed by atoms with Crippen LogP contribution in [-0.4, -0.2) is 4.57 Å². The van der Waals surface area contributed by atoms with Crippen molar-refractivity contribution in [1.29, 1.82) is 0 Å². The molecule has 5 rings (SSSR count). The monoisotopic (exact) mass is 357 g/mol. The molecule has 0 aliphatic carbocycles. The van der Waals surface area contributed by atoms with Gasteiger partial charge in [0.1, 0.15) is 11.3 Å². The lowest BCUT2D eigenvalue weighted by atomic mass is 10.1. The Morgan fingerprint density at radius 2 is 1.73 bits per heavy atom. The number of fused-ring (bicyclic) bond motifs is 3. The number of hydrogen-bond donors (Lipinski definition) is 0. The van der Waals surface area contributed by atoms with E-state index in [2.05, 4.69) is 28.8 Å². The summed E-state index contributed by atoms with van der Waals surface area (Å²) in [6.07, 6.45) is 0. The van der Waals surface area contributed by atoms with E-state index >= 15 is 0 Å². The highest BCUT2D eigenvalue weighted by Crippen LogP contribution is 2.31. The second-order valence-electron chi connectivity index (χ2n) is 6.26. The summed E-state index contributed by atoms with van der Waals surface area (Å²) in [7, 11) is 0. The zero-order chi connectivity index (χ0) is 17.5. The molecular weight excluding hydrogens is 342 g/mol. The van der Waals surface area contributed by atoms with Crippen molar-refractivity contribution in [2.24, 2.45) is 0 Å². The lowest BCUT2D eigenvalue weighted by molar-refractivity contribution is 0.531. The molecule has 26 heavy (non-hydrogen) atoms. The Hall–Kier alpha value is -3.11. The summed E-state index contributed by atoms with van der Waals surface area (Å²) >= 11 is 1.59. The highest BCUT2D eigenvalue weighted by molar-refractivity contribution is 7.08. The van der Waals surface area contributed by atoms with E-state index in [1.54, 1.807) is 11.3 Å². The summed E-state index contributed by atoms with van der Waals surface area (Å²) in [6, 6.07) is 22.3. The van der Waals surface area contributed by atoms with Crippen molar-refractivity contribution in [1.82, 2.24) is 4.57 Å². The predicted molar refractivity (Wildman–Crippen MR) is 107 cm³/mol. The molecule has 0 saturated carbocycles. The lowest BCUT2D eigenvalue weighted by Gasteiger charge is -2.07. The van der Waals surface area contributed by atoms with Crippen LogP contribution in [0.25, 0.3) is 33.1 Å². The third kappa shape index (κ3) is 2.38. The number of rotatable bonds is 3. The first kappa shape index (κ1) is 15.2. The minimum atomic E-state index is -0.296. The van der Waals surface area contributed by atoms with E-state index in [0.29, 0.717) is 17.8 Å². The topological polar surface area (TPSA) is 35.1 Å². The molecular formula is C22H15NO2S. The molecule has 0 unspecified atom stereocenters. The number of thiophene rings is 1. The number of para-hydroxylation sites is 1. The van der Waals surface area contributed by atoms with Crippen LogP contribution >= 0.6 is 11.3 Å². The fourth-order valence-corrected chi connectivity index (χ4v) is 4.13. The largest absolute Gasteiger partial charge is 0.421 e. The SMILES string of the molecule is O=c1oc(-c2ccsc2)cc2c3ccccc3n(Cc3ccccc3)c12. The van der Waals surface area contributed by atoms with Crippen LogP contribution in [0.1, 0.15) is 5.56 Å². The Morgan fingerprint density at radius 3 is 2.54 bits per heavy atom. The highest BCUT2D eigenvalue weighted by Gasteiger charge is 2.17. The van der Waals surface area contributed by atoms with Crippen LogP contribution in [-0.2, 0) is 6.54 Å². The average Bonchev–Trinajstić information content (AvgIpc) is 3.31. The molecule has 3 aromatic heterocycles. The van der Waals surface area contributed by atoms with Crippen molar-refractivity contribution in [3.05, 3.63) is 93.5 Å². The van der Waals surface area contributed by atoms with Crippen molar-refractivity contribution in [3.63, 3.8) is 0 Å². The van der Waals surface area contributed by atoms with Crippen LogP contribution < -0.4 is 5.63 Å². The van der Waals surface area contributed by atoms with Crippen LogP contribution in [0.5, 0.6) is 0 Å². The average molecular weight is 357 g/mol. The molecule has 0 spiro atoms. The van der Waals surface area contributed by atoms with Gasteiger partial charge in [0.2, 0.25) is 0 Å². The molecule has 5 aromatic rings. The van der Waals surface area contributed by atoms with Gasteiger partial charge in [0, 0.05) is 33.8 Å². The second kappa shape index (κ2) is 6.00. The molecule has 0 aliphatic rings. The molecule has 2 aromatic carbocycles. The lowest BCUT2D eigenvalue weighted by Crippen LogP contribution is -2.08. The van der Waals surface area contributed by atoms with Gasteiger partial charge >= 0.3 is 5.63 Å². The first-order chi connectivity index (χ1) is 12.8. The van der Waals surface area contributed by atoms with Gasteiger partial charge in [-0.25, -0.2) is 4.79 Å². The number of nitrogens with zero attached hydrogens (tertiary/aromatic N) is 1. The molecule has 0 bridgehead atoms. The fourth-order valence-electron chi connectivity index (χ4n) is 3.48. The van der Waals surface area contributed by atoms with Gasteiger partial charge in [-0.3, -0.25) is 0 Å². The molecule has 0 N–H and O–H groups in total. The summed E-state index contributed by atoms with van der Waals surface area (Å²) in [4.78, 5) is 12.9. The van der Waals surface area contributed by atoms with Gasteiger partial charge < -0.3 is 8.98 Å². The van der Waals surface area contributed by atoms with E-state index in [1.165, 1.54) is 0 Å². The van der Waals surface area contributed by atoms with Crippen molar-refractivity contribution in [3.8, 4) is 11.3 Å². The van der Waals surface area contributed by atoms with Crippen molar-refractivity contribution < 1.29 is 4.42 Å². The second-order valence-corrected chi connectivity index (χ2v) is 7.04. The summed E-state index contributed by atoms with van der Waals surface area (Å²) < 4.78 is 7.73. The molecule has 0 amide bonds. The van der Waals surface area contributed by atoms with Gasteiger partial charge in [-0.05, 0) is 29.1 Å². The Kier molecular flexibility index (Phi) is 3.50. The van der Waals surface area contributed by atoms with E-state index in [1.807, 2.05) is 53.2 Å². The Labute approximate surface area is 153 Å². The fraction of sp³-hybridized carbons (Fsp3) is 0.0455. The first-order valence-electron chi connectivity index (χ1n) is 8.43. The maximum atomic E-state index is 12.9.